The quantitative estimate of drug-likeness (QED) is 0.665. The number of primary amides is 1. The summed E-state index contributed by atoms with van der Waals surface area (Å²) in [7, 11) is 0. The number of amides is 1. The Morgan fingerprint density at radius 2 is 1.96 bits per heavy atom. The van der Waals surface area contributed by atoms with Crippen molar-refractivity contribution in [2.75, 3.05) is 5.73 Å². The summed E-state index contributed by atoms with van der Waals surface area (Å²) >= 11 is 0. The van der Waals surface area contributed by atoms with E-state index in [1.807, 2.05) is 6.92 Å². The zero-order valence-electron chi connectivity index (χ0n) is 13.1. The molecule has 2 aromatic heterocycles. The van der Waals surface area contributed by atoms with Crippen LogP contribution in [0.2, 0.25) is 0 Å². The van der Waals surface area contributed by atoms with Gasteiger partial charge in [0, 0.05) is 11.8 Å². The molecular formula is C16H17N5O2. The summed E-state index contributed by atoms with van der Waals surface area (Å²) in [5.41, 5.74) is 15.4. The SMILES string of the molecule is Cc1cnc2c(C(N)=O)c(N)n(-c3c(C)ccc(O)c3C)c2n1. The molecule has 3 rings (SSSR count). The Labute approximate surface area is 132 Å². The van der Waals surface area contributed by atoms with Crippen molar-refractivity contribution in [2.45, 2.75) is 20.8 Å². The molecule has 0 unspecified atom stereocenters. The van der Waals surface area contributed by atoms with E-state index in [9.17, 15) is 9.90 Å². The standard InChI is InChI=1S/C16H17N5O2/c1-7-4-5-10(22)9(3)13(7)21-14(17)11(15(18)23)12-16(21)20-8(2)6-19-12/h4-6,22H,17H2,1-3H3,(H2,18,23). The van der Waals surface area contributed by atoms with Gasteiger partial charge in [0.05, 0.1) is 11.4 Å². The molecule has 0 radical (unpaired) electrons. The van der Waals surface area contributed by atoms with Crippen molar-refractivity contribution in [3.05, 3.63) is 40.7 Å². The zero-order valence-corrected chi connectivity index (χ0v) is 13.1. The van der Waals surface area contributed by atoms with Gasteiger partial charge in [-0.3, -0.25) is 14.3 Å². The van der Waals surface area contributed by atoms with E-state index in [0.29, 0.717) is 28.1 Å². The highest BCUT2D eigenvalue weighted by atomic mass is 16.3. The van der Waals surface area contributed by atoms with Gasteiger partial charge in [-0.05, 0) is 32.4 Å². The van der Waals surface area contributed by atoms with Crippen molar-refractivity contribution >= 4 is 22.9 Å². The first-order valence-electron chi connectivity index (χ1n) is 7.05. The molecule has 5 N–H and O–H groups in total. The summed E-state index contributed by atoms with van der Waals surface area (Å²) in [5, 5.41) is 10.0. The highest BCUT2D eigenvalue weighted by molar-refractivity contribution is 6.09. The maximum atomic E-state index is 11.8. The summed E-state index contributed by atoms with van der Waals surface area (Å²) in [5.74, 6) is -0.372. The number of aromatic hydroxyl groups is 1. The molecule has 118 valence electrons. The molecule has 0 saturated heterocycles. The zero-order chi connectivity index (χ0) is 16.9. The Bertz CT molecular complexity index is 959. The molecule has 0 aliphatic heterocycles. The second-order valence-electron chi connectivity index (χ2n) is 5.52. The molecule has 23 heavy (non-hydrogen) atoms. The van der Waals surface area contributed by atoms with Crippen molar-refractivity contribution in [1.29, 1.82) is 0 Å². The van der Waals surface area contributed by atoms with E-state index in [-0.39, 0.29) is 17.1 Å². The molecule has 0 atom stereocenters. The van der Waals surface area contributed by atoms with Gasteiger partial charge in [-0.1, -0.05) is 6.07 Å². The molecule has 0 fully saturated rings. The van der Waals surface area contributed by atoms with Gasteiger partial charge in [-0.25, -0.2) is 4.98 Å². The lowest BCUT2D eigenvalue weighted by Gasteiger charge is -2.15. The van der Waals surface area contributed by atoms with Gasteiger partial charge in [0.15, 0.2) is 5.65 Å². The van der Waals surface area contributed by atoms with E-state index in [0.717, 1.165) is 5.56 Å². The largest absolute Gasteiger partial charge is 0.508 e. The number of benzene rings is 1. The van der Waals surface area contributed by atoms with Crippen LogP contribution in [0.1, 0.15) is 27.2 Å². The molecule has 7 heteroatoms. The van der Waals surface area contributed by atoms with Gasteiger partial charge < -0.3 is 16.6 Å². The summed E-state index contributed by atoms with van der Waals surface area (Å²) in [6.45, 7) is 5.46. The number of aryl methyl sites for hydroxylation is 2. The van der Waals surface area contributed by atoms with Crippen LogP contribution in [-0.2, 0) is 0 Å². The molecule has 0 bridgehead atoms. The number of phenolic OH excluding ortho intramolecular Hbond substituents is 1. The molecule has 0 aliphatic carbocycles. The Morgan fingerprint density at radius 1 is 1.26 bits per heavy atom. The van der Waals surface area contributed by atoms with E-state index in [4.69, 9.17) is 11.5 Å². The van der Waals surface area contributed by atoms with Crippen molar-refractivity contribution in [2.24, 2.45) is 5.73 Å². The molecule has 7 nitrogen and oxygen atoms in total. The first kappa shape index (κ1) is 14.8. The molecule has 1 aromatic carbocycles. The number of nitrogen functional groups attached to an aromatic ring is 1. The van der Waals surface area contributed by atoms with Crippen molar-refractivity contribution in [1.82, 2.24) is 14.5 Å². The lowest BCUT2D eigenvalue weighted by atomic mass is 10.1. The number of anilines is 1. The van der Waals surface area contributed by atoms with Crippen LogP contribution in [0.5, 0.6) is 5.75 Å². The second-order valence-corrected chi connectivity index (χ2v) is 5.52. The van der Waals surface area contributed by atoms with Gasteiger partial charge in [-0.2, -0.15) is 0 Å². The molecule has 0 aliphatic rings. The molecule has 1 amide bonds. The van der Waals surface area contributed by atoms with Crippen LogP contribution >= 0.6 is 0 Å². The van der Waals surface area contributed by atoms with Gasteiger partial charge in [0.2, 0.25) is 0 Å². The number of nitrogens with zero attached hydrogens (tertiary/aromatic N) is 3. The van der Waals surface area contributed by atoms with E-state index in [2.05, 4.69) is 9.97 Å². The second kappa shape index (κ2) is 4.98. The normalized spacial score (nSPS) is 11.1. The average molecular weight is 311 g/mol. The van der Waals surface area contributed by atoms with Crippen molar-refractivity contribution < 1.29 is 9.90 Å². The minimum absolute atomic E-state index is 0.132. The third-order valence-corrected chi connectivity index (χ3v) is 3.89. The topological polar surface area (TPSA) is 120 Å². The fraction of sp³-hybridized carbons (Fsp3) is 0.188. The number of hydrogen-bond donors (Lipinski definition) is 3. The summed E-state index contributed by atoms with van der Waals surface area (Å²) in [6.07, 6.45) is 1.56. The summed E-state index contributed by atoms with van der Waals surface area (Å²) in [6, 6.07) is 3.39. The number of phenols is 1. The number of hydrogen-bond acceptors (Lipinski definition) is 5. The monoisotopic (exact) mass is 311 g/mol. The Kier molecular flexibility index (Phi) is 3.21. The minimum atomic E-state index is -0.667. The number of aromatic nitrogens is 3. The smallest absolute Gasteiger partial charge is 0.254 e. The van der Waals surface area contributed by atoms with E-state index < -0.39 is 5.91 Å². The maximum absolute atomic E-state index is 11.8. The predicted octanol–water partition coefficient (Wildman–Crippen LogP) is 1.73. The molecular weight excluding hydrogens is 294 g/mol. The van der Waals surface area contributed by atoms with Crippen LogP contribution in [0.25, 0.3) is 16.9 Å². The van der Waals surface area contributed by atoms with Gasteiger partial charge in [-0.15, -0.1) is 0 Å². The number of carbonyl (C=O) groups is 1. The Morgan fingerprint density at radius 3 is 2.61 bits per heavy atom. The van der Waals surface area contributed by atoms with E-state index in [1.165, 1.54) is 0 Å². The molecule has 3 aromatic rings. The van der Waals surface area contributed by atoms with Crippen LogP contribution in [-0.4, -0.2) is 25.5 Å². The van der Waals surface area contributed by atoms with Gasteiger partial charge >= 0.3 is 0 Å². The number of carbonyl (C=O) groups excluding carboxylic acids is 1. The third kappa shape index (κ3) is 2.09. The Balaban J connectivity index is 2.53. The first-order valence-corrected chi connectivity index (χ1v) is 7.05. The fourth-order valence-electron chi connectivity index (χ4n) is 2.78. The number of nitrogens with two attached hydrogens (primary N) is 2. The number of fused-ring (bicyclic) bond motifs is 1. The maximum Gasteiger partial charge on any atom is 0.254 e. The molecule has 0 spiro atoms. The van der Waals surface area contributed by atoms with Crippen LogP contribution in [0.15, 0.2) is 18.3 Å². The van der Waals surface area contributed by atoms with Crippen LogP contribution in [0.3, 0.4) is 0 Å². The van der Waals surface area contributed by atoms with Crippen LogP contribution < -0.4 is 11.5 Å². The van der Waals surface area contributed by atoms with E-state index >= 15 is 0 Å². The van der Waals surface area contributed by atoms with Crippen LogP contribution in [0.4, 0.5) is 5.82 Å². The van der Waals surface area contributed by atoms with Gasteiger partial charge in [0.1, 0.15) is 22.6 Å². The average Bonchev–Trinajstić information content (AvgIpc) is 2.76. The fourth-order valence-corrected chi connectivity index (χ4v) is 2.78. The van der Waals surface area contributed by atoms with Gasteiger partial charge in [0.25, 0.3) is 5.91 Å². The third-order valence-electron chi connectivity index (χ3n) is 3.89. The Hall–Kier alpha value is -3.09. The first-order chi connectivity index (χ1) is 10.8. The van der Waals surface area contributed by atoms with E-state index in [1.54, 1.807) is 36.7 Å². The lowest BCUT2D eigenvalue weighted by Crippen LogP contribution is -2.14. The van der Waals surface area contributed by atoms with Crippen molar-refractivity contribution in [3.8, 4) is 11.4 Å². The highest BCUT2D eigenvalue weighted by Crippen LogP contribution is 2.34. The number of rotatable bonds is 2. The molecule has 0 saturated carbocycles. The minimum Gasteiger partial charge on any atom is -0.508 e. The predicted molar refractivity (Wildman–Crippen MR) is 87.7 cm³/mol. The molecule has 2 heterocycles. The lowest BCUT2D eigenvalue weighted by molar-refractivity contribution is 0.100. The van der Waals surface area contributed by atoms with Crippen molar-refractivity contribution in [3.63, 3.8) is 0 Å². The highest BCUT2D eigenvalue weighted by Gasteiger charge is 2.24. The summed E-state index contributed by atoms with van der Waals surface area (Å²) < 4.78 is 1.62. The van der Waals surface area contributed by atoms with Crippen LogP contribution in [0, 0.1) is 20.8 Å². The summed E-state index contributed by atoms with van der Waals surface area (Å²) in [4.78, 5) is 20.5.